The van der Waals surface area contributed by atoms with Gasteiger partial charge in [-0.1, -0.05) is 303 Å². The molecule has 0 atom stereocenters. The molecule has 0 aliphatic carbocycles. The summed E-state index contributed by atoms with van der Waals surface area (Å²) in [4.78, 5) is 29.3. The van der Waals surface area contributed by atoms with Crippen LogP contribution in [0.2, 0.25) is 0 Å². The summed E-state index contributed by atoms with van der Waals surface area (Å²) in [6.45, 7) is 10.3. The number of benzene rings is 15. The predicted molar refractivity (Wildman–Crippen MR) is 557 cm³/mol. The molecule has 0 amide bonds. The van der Waals surface area contributed by atoms with Crippen LogP contribution in [0.1, 0.15) is 28.5 Å². The maximum Gasteiger partial charge on any atom is 0.137 e. The van der Waals surface area contributed by atoms with E-state index < -0.39 is 0 Å². The monoisotopic (exact) mass is 1720 g/mol. The second-order valence-electron chi connectivity index (χ2n) is 34.5. The number of pyridine rings is 6. The van der Waals surface area contributed by atoms with Crippen molar-refractivity contribution in [2.24, 2.45) is 0 Å². The van der Waals surface area contributed by atoms with Crippen molar-refractivity contribution in [2.45, 2.75) is 34.6 Å². The van der Waals surface area contributed by atoms with Gasteiger partial charge in [0, 0.05) is 91.6 Å². The molecule has 15 aromatic carbocycles. The van der Waals surface area contributed by atoms with Crippen LogP contribution in [-0.2, 0) is 0 Å². The van der Waals surface area contributed by atoms with Gasteiger partial charge in [0.05, 0.1) is 39.9 Å². The molecule has 0 N–H and O–H groups in total. The Morgan fingerprint density at radius 1 is 0.157 bits per heavy atom. The van der Waals surface area contributed by atoms with Crippen molar-refractivity contribution in [1.82, 2.24) is 43.1 Å². The second-order valence-corrected chi connectivity index (χ2v) is 34.5. The quantitative estimate of drug-likeness (QED) is 0.102. The summed E-state index contributed by atoms with van der Waals surface area (Å²) >= 11 is 0. The molecule has 9 nitrogen and oxygen atoms in total. The van der Waals surface area contributed by atoms with Gasteiger partial charge in [-0.05, 0) is 290 Å². The van der Waals surface area contributed by atoms with Crippen LogP contribution in [0, 0.1) is 34.6 Å². The summed E-state index contributed by atoms with van der Waals surface area (Å²) in [5, 5.41) is 7.44. The van der Waals surface area contributed by atoms with E-state index in [2.05, 4.69) is 458 Å². The van der Waals surface area contributed by atoms with E-state index in [1.54, 1.807) is 0 Å². The number of rotatable bonds is 15. The number of fused-ring (bicyclic) bond motifs is 6. The lowest BCUT2D eigenvalue weighted by Crippen LogP contribution is -1.92. The van der Waals surface area contributed by atoms with Gasteiger partial charge in [0.15, 0.2) is 0 Å². The van der Waals surface area contributed by atoms with E-state index in [1.807, 2.05) is 56.3 Å². The highest BCUT2D eigenvalue weighted by Gasteiger charge is 2.23. The number of hydrogen-bond donors (Lipinski definition) is 0. The molecule has 9 heteroatoms. The fourth-order valence-electron chi connectivity index (χ4n) is 18.8. The first kappa shape index (κ1) is 82.3. The SMILES string of the molecule is Cc1cc(-c2cc(-c3ccc(-c4c(-c5ccccc5)nc5ccccn45)cc3)cc(-c3ccc4ccccc4c3)c2)cc(C)n1.Cc1ccc(-c2cc(-c3ccc(-c4c(-c5ccccc5)nc5ccccn45)cc3)cc(-c3ccc4ccccc4c3)c2)c(C)n1.Cc1cccc(-c2cc(-c3ccc(-c4c(-c5ccccc5)nc5ccccn45)cc3)cc(-c3ccc4ccccc4c3)c2)n1. The summed E-state index contributed by atoms with van der Waals surface area (Å²) in [5.74, 6) is 0. The van der Waals surface area contributed by atoms with Gasteiger partial charge in [-0.3, -0.25) is 28.2 Å². The zero-order chi connectivity index (χ0) is 90.1. The third-order valence-electron chi connectivity index (χ3n) is 25.4. The number of nitrogens with zero attached hydrogens (tertiary/aromatic N) is 9. The van der Waals surface area contributed by atoms with Gasteiger partial charge in [0.1, 0.15) is 16.9 Å². The van der Waals surface area contributed by atoms with Crippen LogP contribution in [0.15, 0.2) is 461 Å². The molecule has 0 fully saturated rings. The zero-order valence-electron chi connectivity index (χ0n) is 74.9. The van der Waals surface area contributed by atoms with Crippen molar-refractivity contribution in [3.05, 3.63) is 490 Å². The Morgan fingerprint density at radius 2 is 0.448 bits per heavy atom. The molecule has 134 heavy (non-hydrogen) atoms. The zero-order valence-corrected chi connectivity index (χ0v) is 74.9. The van der Waals surface area contributed by atoms with Crippen LogP contribution in [-0.4, -0.2) is 43.1 Å². The molecule has 0 radical (unpaired) electrons. The van der Waals surface area contributed by atoms with Crippen molar-refractivity contribution < 1.29 is 0 Å². The predicted octanol–water partition coefficient (Wildman–Crippen LogP) is 32.2. The Morgan fingerprint density at radius 3 is 0.806 bits per heavy atom. The van der Waals surface area contributed by atoms with E-state index in [0.717, 1.165) is 152 Å². The standard InChI is InChI=1S/2C42H31N3.C41H29N3/c1-28-15-22-39(29(2)43-28)38-26-36(25-37(27-38)35-21-18-30-10-6-7-13-34(30)24-35)31-16-19-33(20-17-31)42-41(32-11-4-3-5-12-32)44-40-14-8-9-23-45(40)42;1-28-22-36(23-29(2)43-28)39-26-37(25-38(27-39)35-20-17-30-10-6-7-13-34(30)24-35)31-15-18-33(19-16-31)42-41(32-11-4-3-5-12-32)44-40-14-8-9-21-45(40)42;1-28-10-9-15-38(42-28)37-26-35(25-36(27-37)34-22-19-29-11-5-6-14-33(29)24-34)30-17-20-32(21-18-30)41-40(31-12-3-2-4-13-31)43-39-16-7-8-23-44(39)41/h2*3-27H,1-2H3;2-27H,1H3. The van der Waals surface area contributed by atoms with Crippen molar-refractivity contribution in [1.29, 1.82) is 0 Å². The van der Waals surface area contributed by atoms with E-state index in [0.29, 0.717) is 0 Å². The highest BCUT2D eigenvalue weighted by atomic mass is 15.0. The van der Waals surface area contributed by atoms with Crippen LogP contribution in [0.5, 0.6) is 0 Å². The van der Waals surface area contributed by atoms with Gasteiger partial charge in [0.2, 0.25) is 0 Å². The van der Waals surface area contributed by atoms with Crippen molar-refractivity contribution in [2.75, 3.05) is 0 Å². The first-order valence-corrected chi connectivity index (χ1v) is 45.6. The van der Waals surface area contributed by atoms with Gasteiger partial charge in [0.25, 0.3) is 0 Å². The number of aryl methyl sites for hydroxylation is 5. The molecule has 24 rings (SSSR count). The first-order valence-electron chi connectivity index (χ1n) is 45.6. The lowest BCUT2D eigenvalue weighted by Gasteiger charge is -2.14. The highest BCUT2D eigenvalue weighted by Crippen LogP contribution is 2.44. The maximum atomic E-state index is 5.02. The van der Waals surface area contributed by atoms with E-state index in [9.17, 15) is 0 Å². The molecular formula is C125H91N9. The number of aromatic nitrogens is 9. The largest absolute Gasteiger partial charge is 0.299 e. The van der Waals surface area contributed by atoms with Gasteiger partial charge in [-0.2, -0.15) is 0 Å². The molecule has 0 unspecified atom stereocenters. The van der Waals surface area contributed by atoms with E-state index in [4.69, 9.17) is 24.9 Å². The summed E-state index contributed by atoms with van der Waals surface area (Å²) in [6.07, 6.45) is 6.28. The van der Waals surface area contributed by atoms with Crippen LogP contribution >= 0.6 is 0 Å². The maximum absolute atomic E-state index is 5.02. The average Bonchev–Trinajstić information content (AvgIpc) is 1.68. The Bertz CT molecular complexity index is 8500. The Balaban J connectivity index is 0.000000117. The lowest BCUT2D eigenvalue weighted by molar-refractivity contribution is 1.12. The van der Waals surface area contributed by atoms with E-state index >= 15 is 0 Å². The van der Waals surface area contributed by atoms with Crippen LogP contribution < -0.4 is 0 Å². The molecule has 636 valence electrons. The summed E-state index contributed by atoms with van der Waals surface area (Å²) < 4.78 is 6.55. The Labute approximate surface area is 779 Å². The topological polar surface area (TPSA) is 90.6 Å². The van der Waals surface area contributed by atoms with E-state index in [-0.39, 0.29) is 0 Å². The van der Waals surface area contributed by atoms with E-state index in [1.165, 1.54) is 93.5 Å². The van der Waals surface area contributed by atoms with Gasteiger partial charge in [-0.15, -0.1) is 0 Å². The highest BCUT2D eigenvalue weighted by molar-refractivity contribution is 5.95. The smallest absolute Gasteiger partial charge is 0.137 e. The minimum atomic E-state index is 0.934. The minimum Gasteiger partial charge on any atom is -0.299 e. The fourth-order valence-corrected chi connectivity index (χ4v) is 18.8. The van der Waals surface area contributed by atoms with Crippen LogP contribution in [0.25, 0.3) is 217 Å². The normalized spacial score (nSPS) is 11.3. The molecule has 9 aromatic heterocycles. The first-order chi connectivity index (χ1) is 65.9. The minimum absolute atomic E-state index is 0.934. The number of imidazole rings is 3. The molecule has 0 aliphatic heterocycles. The summed E-state index contributed by atoms with van der Waals surface area (Å²) in [6, 6.07) is 158. The molecule has 0 bridgehead atoms. The van der Waals surface area contributed by atoms with Crippen LogP contribution in [0.4, 0.5) is 0 Å². The average molecular weight is 1720 g/mol. The molecular weight excluding hydrogens is 1630 g/mol. The molecule has 9 heterocycles. The van der Waals surface area contributed by atoms with Gasteiger partial charge >= 0.3 is 0 Å². The van der Waals surface area contributed by atoms with Crippen LogP contribution in [0.3, 0.4) is 0 Å². The fraction of sp³-hybridized carbons (Fsp3) is 0.0400. The molecule has 0 spiro atoms. The molecule has 0 saturated heterocycles. The number of hydrogen-bond acceptors (Lipinski definition) is 6. The van der Waals surface area contributed by atoms with Crippen molar-refractivity contribution in [3.8, 4) is 168 Å². The summed E-state index contributed by atoms with van der Waals surface area (Å²) in [7, 11) is 0. The molecule has 0 aliphatic rings. The second kappa shape index (κ2) is 35.9. The molecule has 0 saturated carbocycles. The third-order valence-corrected chi connectivity index (χ3v) is 25.4. The lowest BCUT2D eigenvalue weighted by atomic mass is 9.91. The van der Waals surface area contributed by atoms with Gasteiger partial charge < -0.3 is 0 Å². The third kappa shape index (κ3) is 16.8. The van der Waals surface area contributed by atoms with Gasteiger partial charge in [-0.25, -0.2) is 15.0 Å². The Kier molecular flexibility index (Phi) is 22.1. The summed E-state index contributed by atoms with van der Waals surface area (Å²) in [5.41, 5.74) is 41.7. The Hall–Kier alpha value is -17.4. The van der Waals surface area contributed by atoms with Crippen molar-refractivity contribution >= 4 is 49.3 Å². The van der Waals surface area contributed by atoms with Crippen molar-refractivity contribution in [3.63, 3.8) is 0 Å². The molecule has 24 aromatic rings.